The Morgan fingerprint density at radius 2 is 2.71 bits per heavy atom. The number of ether oxygens (including phenoxy) is 1. The second-order valence-corrected chi connectivity index (χ2v) is 4.15. The molecule has 1 N–H and O–H groups in total. The van der Waals surface area contributed by atoms with E-state index in [1.54, 1.807) is 0 Å². The third kappa shape index (κ3) is 3.39. The number of hydrogen-bond acceptors (Lipinski definition) is 5. The van der Waals surface area contributed by atoms with Gasteiger partial charge in [-0.2, -0.15) is 0 Å². The molecule has 0 fully saturated rings. The van der Waals surface area contributed by atoms with Crippen LogP contribution in [-0.4, -0.2) is 37.9 Å². The van der Waals surface area contributed by atoms with E-state index < -0.39 is 6.09 Å². The third-order valence-corrected chi connectivity index (χ3v) is 3.07. The molecule has 5 nitrogen and oxygen atoms in total. The van der Waals surface area contributed by atoms with Gasteiger partial charge in [-0.15, -0.1) is 0 Å². The van der Waals surface area contributed by atoms with Crippen LogP contribution in [0.2, 0.25) is 0 Å². The molecule has 0 spiro atoms. The van der Waals surface area contributed by atoms with Crippen molar-refractivity contribution in [2.75, 3.05) is 12.4 Å². The summed E-state index contributed by atoms with van der Waals surface area (Å²) in [6.45, 7) is 0.414. The van der Waals surface area contributed by atoms with Gasteiger partial charge in [0.05, 0.1) is 0 Å². The van der Waals surface area contributed by atoms with Gasteiger partial charge >= 0.3 is 91.8 Å². The van der Waals surface area contributed by atoms with Crippen LogP contribution < -0.4 is 5.32 Å². The van der Waals surface area contributed by atoms with Crippen molar-refractivity contribution in [1.82, 2.24) is 4.98 Å². The van der Waals surface area contributed by atoms with E-state index in [0.29, 0.717) is 11.2 Å². The molecule has 0 aliphatic heterocycles. The van der Waals surface area contributed by atoms with Crippen LogP contribution in [0.5, 0.6) is 0 Å². The summed E-state index contributed by atoms with van der Waals surface area (Å²) in [6, 6.07) is 0. The minimum absolute atomic E-state index is 0.0422. The van der Waals surface area contributed by atoms with Crippen LogP contribution in [0, 0.1) is 0 Å². The number of aromatic nitrogens is 1. The van der Waals surface area contributed by atoms with Gasteiger partial charge in [0.1, 0.15) is 0 Å². The molecule has 1 aromatic rings. The number of amides is 1. The van der Waals surface area contributed by atoms with Crippen molar-refractivity contribution in [3.05, 3.63) is 10.6 Å². The Morgan fingerprint density at radius 3 is 3.36 bits per heavy atom. The van der Waals surface area contributed by atoms with Gasteiger partial charge in [0, 0.05) is 0 Å². The molecule has 74 valence electrons. The fraction of sp³-hybridized carbons (Fsp3) is 0.286. The Hall–Kier alpha value is -1.00. The Morgan fingerprint density at radius 1 is 1.93 bits per heavy atom. The number of nitrogens with one attached hydrogen (secondary N) is 1. The number of hydrogen-bond donors (Lipinski definition) is 1. The van der Waals surface area contributed by atoms with Crippen molar-refractivity contribution in [3.8, 4) is 0 Å². The van der Waals surface area contributed by atoms with Crippen LogP contribution >= 0.6 is 12.2 Å². The minimum atomic E-state index is -0.501. The number of rotatable bonds is 3. The number of isothiocyanates is 1. The number of aliphatic imine (C=N–C) groups is 1. The molecule has 0 radical (unpaired) electrons. The van der Waals surface area contributed by atoms with E-state index in [1.807, 2.05) is 4.94 Å². The van der Waals surface area contributed by atoms with Gasteiger partial charge in [-0.05, 0) is 0 Å². The molecule has 1 aromatic heterocycles. The van der Waals surface area contributed by atoms with Gasteiger partial charge in [-0.1, -0.05) is 0 Å². The first kappa shape index (κ1) is 11.1. The summed E-state index contributed by atoms with van der Waals surface area (Å²) in [5, 5.41) is 4.77. The van der Waals surface area contributed by atoms with Crippen molar-refractivity contribution < 1.29 is 9.53 Å². The summed E-state index contributed by atoms with van der Waals surface area (Å²) in [5.74, 6) is 0. The molecule has 0 aromatic carbocycles. The normalized spacial score (nSPS) is 8.93. The van der Waals surface area contributed by atoms with E-state index in [2.05, 4.69) is 37.4 Å². The second kappa shape index (κ2) is 5.67. The molecular formula is C7H7N3O2SSe. The number of nitrogens with zero attached hydrogens (tertiary/aromatic N) is 2. The molecule has 0 bridgehead atoms. The van der Waals surface area contributed by atoms with Crippen LogP contribution in [0.25, 0.3) is 0 Å². The second-order valence-electron chi connectivity index (χ2n) is 2.17. The van der Waals surface area contributed by atoms with Gasteiger partial charge in [-0.25, -0.2) is 0 Å². The molecule has 0 atom stereocenters. The molecule has 14 heavy (non-hydrogen) atoms. The van der Waals surface area contributed by atoms with E-state index in [0.717, 1.165) is 5.69 Å². The Labute approximate surface area is 91.9 Å². The quantitative estimate of drug-likeness (QED) is 0.506. The van der Waals surface area contributed by atoms with Crippen molar-refractivity contribution in [1.29, 1.82) is 0 Å². The first-order valence-electron chi connectivity index (χ1n) is 3.59. The summed E-state index contributed by atoms with van der Waals surface area (Å²) in [7, 11) is 1.31. The molecule has 0 aliphatic rings. The molecule has 1 heterocycles. The van der Waals surface area contributed by atoms with Crippen molar-refractivity contribution in [3.63, 3.8) is 0 Å². The number of carbonyl (C=O) groups excluding carboxylic acids is 1. The molecule has 0 unspecified atom stereocenters. The molecule has 0 saturated carbocycles. The van der Waals surface area contributed by atoms with Gasteiger partial charge in [0.25, 0.3) is 0 Å². The molecule has 0 aliphatic carbocycles. The zero-order chi connectivity index (χ0) is 10.4. The fourth-order valence-corrected chi connectivity index (χ4v) is 2.19. The van der Waals surface area contributed by atoms with E-state index in [1.165, 1.54) is 7.11 Å². The molecule has 1 rings (SSSR count). The zero-order valence-corrected chi connectivity index (χ0v) is 9.84. The molecule has 1 amide bonds. The van der Waals surface area contributed by atoms with Crippen LogP contribution in [0.15, 0.2) is 9.93 Å². The predicted molar refractivity (Wildman–Crippen MR) is 55.9 cm³/mol. The predicted octanol–water partition coefficient (Wildman–Crippen LogP) is 0.920. The van der Waals surface area contributed by atoms with Gasteiger partial charge in [0.2, 0.25) is 0 Å². The molecule has 7 heteroatoms. The number of thiocarbonyl (C=S) groups is 1. The monoisotopic (exact) mass is 277 g/mol. The fourth-order valence-electron chi connectivity index (χ4n) is 0.689. The third-order valence-electron chi connectivity index (χ3n) is 1.25. The van der Waals surface area contributed by atoms with Gasteiger partial charge in [-0.3, -0.25) is 0 Å². The number of methoxy groups -OCH3 is 1. The standard InChI is InChI=1S/C7H7N3O2SSe/c1-12-7(11)10-6-9-5(3-14-6)2-8-4-13/h3H,2H2,1H3,(H,9,10,11). The average molecular weight is 276 g/mol. The Kier molecular flexibility index (Phi) is 4.49. The summed E-state index contributed by atoms with van der Waals surface area (Å²) in [4.78, 5) is 20.6. The van der Waals surface area contributed by atoms with E-state index in [4.69, 9.17) is 0 Å². The molecule has 0 saturated heterocycles. The van der Waals surface area contributed by atoms with E-state index in [-0.39, 0.29) is 14.5 Å². The Balaban J connectivity index is 2.58. The first-order chi connectivity index (χ1) is 6.76. The topological polar surface area (TPSA) is 63.6 Å². The van der Waals surface area contributed by atoms with Crippen molar-refractivity contribution in [2.45, 2.75) is 6.54 Å². The van der Waals surface area contributed by atoms with Crippen molar-refractivity contribution in [2.24, 2.45) is 4.99 Å². The van der Waals surface area contributed by atoms with Crippen molar-refractivity contribution >= 4 is 42.7 Å². The summed E-state index contributed by atoms with van der Waals surface area (Å²) in [6.07, 6.45) is -0.501. The van der Waals surface area contributed by atoms with Crippen LogP contribution in [-0.2, 0) is 11.3 Å². The first-order valence-corrected chi connectivity index (χ1v) is 5.84. The summed E-state index contributed by atoms with van der Waals surface area (Å²) >= 11 is 4.47. The van der Waals surface area contributed by atoms with Crippen LogP contribution in [0.4, 0.5) is 9.49 Å². The molecular weight excluding hydrogens is 269 g/mol. The Bertz CT molecular complexity index is 373. The van der Waals surface area contributed by atoms with Crippen LogP contribution in [0.1, 0.15) is 5.69 Å². The summed E-state index contributed by atoms with van der Waals surface area (Å²) < 4.78 is 5.06. The van der Waals surface area contributed by atoms with E-state index in [9.17, 15) is 4.79 Å². The SMILES string of the molecule is COC(=O)Nc1nc(CN=C=S)c[se]1. The van der Waals surface area contributed by atoms with E-state index >= 15 is 0 Å². The van der Waals surface area contributed by atoms with Gasteiger partial charge < -0.3 is 0 Å². The summed E-state index contributed by atoms with van der Waals surface area (Å²) in [5.41, 5.74) is 0.800. The number of anilines is 1. The maximum absolute atomic E-state index is 10.8. The van der Waals surface area contributed by atoms with Gasteiger partial charge in [0.15, 0.2) is 0 Å². The maximum atomic E-state index is 10.8. The number of carbonyl (C=O) groups is 1. The average Bonchev–Trinajstić information content (AvgIpc) is 2.62. The zero-order valence-electron chi connectivity index (χ0n) is 7.31. The van der Waals surface area contributed by atoms with Crippen LogP contribution in [0.3, 0.4) is 0 Å².